The first kappa shape index (κ1) is 18.5. The number of benzene rings is 1. The van der Waals surface area contributed by atoms with Crippen LogP contribution in [-0.4, -0.2) is 34.8 Å². The summed E-state index contributed by atoms with van der Waals surface area (Å²) < 4.78 is 1.36. The normalized spacial score (nSPS) is 12.3. The maximum absolute atomic E-state index is 12.3. The van der Waals surface area contributed by atoms with Crippen molar-refractivity contribution in [1.82, 2.24) is 14.4 Å². The second-order valence-corrected chi connectivity index (χ2v) is 6.50. The number of nitrogens with one attached hydrogen (secondary N) is 2. The van der Waals surface area contributed by atoms with Gasteiger partial charge < -0.3 is 10.6 Å². The van der Waals surface area contributed by atoms with Crippen LogP contribution < -0.4 is 10.6 Å². The van der Waals surface area contributed by atoms with Crippen molar-refractivity contribution in [2.45, 2.75) is 0 Å². The van der Waals surface area contributed by atoms with E-state index in [9.17, 15) is 4.79 Å². The van der Waals surface area contributed by atoms with Gasteiger partial charge in [-0.2, -0.15) is 0 Å². The van der Waals surface area contributed by atoms with E-state index in [0.717, 1.165) is 10.8 Å². The number of fused-ring (bicyclic) bond motifs is 3. The molecule has 2 N–H and O–H groups in total. The summed E-state index contributed by atoms with van der Waals surface area (Å²) in [5.74, 6) is -0.0439. The Kier molecular flexibility index (Phi) is 5.36. The fourth-order valence-corrected chi connectivity index (χ4v) is 3.48. The Hall–Kier alpha value is -2.28. The average Bonchev–Trinajstić information content (AvgIpc) is 2.88. The van der Waals surface area contributed by atoms with E-state index in [1.165, 1.54) is 11.1 Å². The van der Waals surface area contributed by atoms with Crippen molar-refractivity contribution in [1.29, 1.82) is 0 Å². The smallest absolute Gasteiger partial charge is 0.274 e. The Labute approximate surface area is 164 Å². The fourth-order valence-electron chi connectivity index (χ4n) is 2.55. The molecule has 3 rings (SSSR count). The molecule has 3 aromatic rings. The summed E-state index contributed by atoms with van der Waals surface area (Å²) in [6.07, 6.45) is 3.18. The van der Waals surface area contributed by atoms with E-state index in [2.05, 4.69) is 20.6 Å². The molecule has 0 unspecified atom stereocenters. The quantitative estimate of drug-likeness (QED) is 0.632. The number of anilines is 1. The Morgan fingerprint density at radius 2 is 2.04 bits per heavy atom. The fraction of sp³-hybridized carbons (Fsp3) is 0.118. The van der Waals surface area contributed by atoms with Gasteiger partial charge in [-0.1, -0.05) is 23.2 Å². The summed E-state index contributed by atoms with van der Waals surface area (Å²) in [6, 6.07) is 6.87. The van der Waals surface area contributed by atoms with Crippen LogP contribution in [0.25, 0.3) is 21.9 Å². The van der Waals surface area contributed by atoms with E-state index >= 15 is 0 Å². The van der Waals surface area contributed by atoms with Crippen LogP contribution in [0.3, 0.4) is 0 Å². The van der Waals surface area contributed by atoms with Gasteiger partial charge in [-0.25, -0.2) is 9.07 Å². The average molecular weight is 411 g/mol. The number of carbonyl (C=O) groups excluding carboxylic acids is 1. The van der Waals surface area contributed by atoms with Crippen molar-refractivity contribution >= 4 is 74.4 Å². The van der Waals surface area contributed by atoms with Crippen LogP contribution in [0.4, 0.5) is 5.82 Å². The van der Waals surface area contributed by atoms with Crippen LogP contribution in [0.2, 0.25) is 10.0 Å². The highest BCUT2D eigenvalue weighted by Crippen LogP contribution is 2.36. The number of nitrogens with zero attached hydrogens (tertiary/aromatic N) is 3. The van der Waals surface area contributed by atoms with E-state index in [1.54, 1.807) is 43.6 Å². The van der Waals surface area contributed by atoms with E-state index in [-0.39, 0.29) is 11.6 Å². The minimum absolute atomic E-state index is 0.252. The van der Waals surface area contributed by atoms with E-state index in [4.69, 9.17) is 35.0 Å². The van der Waals surface area contributed by atoms with Crippen molar-refractivity contribution in [3.63, 3.8) is 0 Å². The maximum Gasteiger partial charge on any atom is 0.274 e. The predicted molar refractivity (Wildman–Crippen MR) is 109 cm³/mol. The molecule has 0 bridgehead atoms. The predicted octanol–water partition coefficient (Wildman–Crippen LogP) is 4.24. The lowest BCUT2D eigenvalue weighted by atomic mass is 10.2. The Balaban J connectivity index is 2.04. The van der Waals surface area contributed by atoms with Gasteiger partial charge in [0.25, 0.3) is 5.91 Å². The Morgan fingerprint density at radius 1 is 1.27 bits per heavy atom. The molecule has 134 valence electrons. The zero-order chi connectivity index (χ0) is 18.8. The number of rotatable bonds is 4. The van der Waals surface area contributed by atoms with Gasteiger partial charge in [0.2, 0.25) is 0 Å². The molecule has 0 spiro atoms. The number of pyridine rings is 1. The van der Waals surface area contributed by atoms with Gasteiger partial charge in [0.1, 0.15) is 11.5 Å². The standard InChI is InChI=1S/C17H14Cl3N5O/c1-21-6-5-13(22-2)17(26)24-14-4-3-10-11-7-9(18)8-12(19)15(11)25(20)16(10)23-14/h3-8,21H,1-2H3,(H,23,24,26)/b6-5-,22-13+. The first-order valence-electron chi connectivity index (χ1n) is 7.54. The lowest BCUT2D eigenvalue weighted by molar-refractivity contribution is -0.110. The minimum Gasteiger partial charge on any atom is -0.394 e. The van der Waals surface area contributed by atoms with Crippen molar-refractivity contribution < 1.29 is 4.79 Å². The molecule has 1 amide bonds. The molecule has 1 aromatic carbocycles. The molecular formula is C17H14Cl3N5O. The number of amides is 1. The van der Waals surface area contributed by atoms with Crippen molar-refractivity contribution in [2.24, 2.45) is 4.99 Å². The number of hydrogen-bond donors (Lipinski definition) is 2. The van der Waals surface area contributed by atoms with Crippen LogP contribution in [0, 0.1) is 0 Å². The van der Waals surface area contributed by atoms with E-state index in [0.29, 0.717) is 27.0 Å². The highest BCUT2D eigenvalue weighted by molar-refractivity contribution is 6.47. The summed E-state index contributed by atoms with van der Waals surface area (Å²) in [7, 11) is 3.27. The molecule has 0 aliphatic rings. The minimum atomic E-state index is -0.385. The summed E-state index contributed by atoms with van der Waals surface area (Å²) in [4.78, 5) is 20.7. The molecule has 6 nitrogen and oxygen atoms in total. The van der Waals surface area contributed by atoms with E-state index in [1.807, 2.05) is 0 Å². The third-order valence-electron chi connectivity index (χ3n) is 3.70. The number of aromatic nitrogens is 2. The first-order chi connectivity index (χ1) is 12.5. The summed E-state index contributed by atoms with van der Waals surface area (Å²) >= 11 is 18.7. The van der Waals surface area contributed by atoms with Gasteiger partial charge in [-0.15, -0.1) is 0 Å². The number of aliphatic imine (C=N–C) groups is 1. The molecule has 0 atom stereocenters. The van der Waals surface area contributed by atoms with Gasteiger partial charge in [0.05, 0.1) is 10.5 Å². The Bertz CT molecular complexity index is 1070. The topological polar surface area (TPSA) is 71.3 Å². The van der Waals surface area contributed by atoms with Crippen LogP contribution in [0.1, 0.15) is 0 Å². The number of hydrogen-bond acceptors (Lipinski definition) is 4. The molecule has 2 heterocycles. The van der Waals surface area contributed by atoms with Crippen molar-refractivity contribution in [2.75, 3.05) is 19.4 Å². The third-order valence-corrected chi connectivity index (χ3v) is 4.53. The van der Waals surface area contributed by atoms with Crippen LogP contribution >= 0.6 is 35.0 Å². The van der Waals surface area contributed by atoms with Gasteiger partial charge in [0, 0.05) is 41.7 Å². The zero-order valence-corrected chi connectivity index (χ0v) is 16.1. The molecule has 0 saturated carbocycles. The number of halogens is 3. The Morgan fingerprint density at radius 3 is 2.73 bits per heavy atom. The first-order valence-corrected chi connectivity index (χ1v) is 8.64. The van der Waals surface area contributed by atoms with Gasteiger partial charge in [0.15, 0.2) is 5.65 Å². The molecule has 0 radical (unpaired) electrons. The molecule has 9 heteroatoms. The van der Waals surface area contributed by atoms with E-state index < -0.39 is 0 Å². The highest BCUT2D eigenvalue weighted by Gasteiger charge is 2.16. The third kappa shape index (κ3) is 3.35. The number of carbonyl (C=O) groups is 1. The lowest BCUT2D eigenvalue weighted by Gasteiger charge is -2.04. The van der Waals surface area contributed by atoms with Crippen LogP contribution in [0.5, 0.6) is 0 Å². The molecular weight excluding hydrogens is 397 g/mol. The molecule has 0 aliphatic carbocycles. The summed E-state index contributed by atoms with van der Waals surface area (Å²) in [5, 5.41) is 7.99. The highest BCUT2D eigenvalue weighted by atomic mass is 35.5. The maximum atomic E-state index is 12.3. The second kappa shape index (κ2) is 7.53. The van der Waals surface area contributed by atoms with Crippen LogP contribution in [-0.2, 0) is 4.79 Å². The van der Waals surface area contributed by atoms with Gasteiger partial charge >= 0.3 is 0 Å². The molecule has 0 saturated heterocycles. The second-order valence-electron chi connectivity index (χ2n) is 5.32. The lowest BCUT2D eigenvalue weighted by Crippen LogP contribution is -2.22. The van der Waals surface area contributed by atoms with Crippen molar-refractivity contribution in [3.05, 3.63) is 46.6 Å². The molecule has 0 aliphatic heterocycles. The SMILES string of the molecule is C/N=C(\C=C/NC)C(=O)Nc1ccc2c3cc(Cl)cc(Cl)c3n(Cl)c2n1. The molecule has 26 heavy (non-hydrogen) atoms. The van der Waals surface area contributed by atoms with Gasteiger partial charge in [-0.3, -0.25) is 9.79 Å². The molecule has 2 aromatic heterocycles. The zero-order valence-electron chi connectivity index (χ0n) is 13.8. The largest absolute Gasteiger partial charge is 0.394 e. The monoisotopic (exact) mass is 409 g/mol. The summed E-state index contributed by atoms with van der Waals surface area (Å²) in [6.45, 7) is 0. The molecule has 0 fully saturated rings. The van der Waals surface area contributed by atoms with Crippen LogP contribution in [0.15, 0.2) is 41.5 Å². The van der Waals surface area contributed by atoms with Crippen molar-refractivity contribution in [3.8, 4) is 0 Å². The van der Waals surface area contributed by atoms with Gasteiger partial charge in [-0.05, 0) is 36.5 Å². The summed E-state index contributed by atoms with van der Waals surface area (Å²) in [5.41, 5.74) is 1.32.